The largest absolute Gasteiger partial charge is 0.515 e. The summed E-state index contributed by atoms with van der Waals surface area (Å²) in [6, 6.07) is 0. The summed E-state index contributed by atoms with van der Waals surface area (Å²) >= 11 is 0. The Morgan fingerprint density at radius 3 is 2.29 bits per heavy atom. The van der Waals surface area contributed by atoms with Crippen LogP contribution in [0.15, 0.2) is 11.8 Å². The van der Waals surface area contributed by atoms with Crippen molar-refractivity contribution >= 4 is 12.5 Å². The monoisotopic (exact) mass is 99.0 g/mol. The Kier molecular flexibility index (Phi) is 2.59. The molecule has 0 bridgehead atoms. The van der Waals surface area contributed by atoms with Crippen LogP contribution in [0, 0.1) is 5.41 Å². The Bertz CT molecular complexity index is 96.3. The average Bonchev–Trinajstić information content (AvgIpc) is 1.72. The van der Waals surface area contributed by atoms with Crippen molar-refractivity contribution in [3.05, 3.63) is 11.8 Å². The van der Waals surface area contributed by atoms with Gasteiger partial charge < -0.3 is 10.5 Å². The molecule has 0 amide bonds. The van der Waals surface area contributed by atoms with Crippen LogP contribution in [0.1, 0.15) is 0 Å². The third kappa shape index (κ3) is 1.70. The molecule has 0 aliphatic rings. The Morgan fingerprint density at radius 1 is 1.71 bits per heavy atom. The standard InChI is InChI=1S/C4H5NO2/c5-1-4(2-6)3-7/h1-3,5-6H. The van der Waals surface area contributed by atoms with Crippen molar-refractivity contribution in [1.82, 2.24) is 0 Å². The van der Waals surface area contributed by atoms with Gasteiger partial charge in [0.1, 0.15) is 0 Å². The number of allylic oxidation sites excluding steroid dienone is 1. The highest BCUT2D eigenvalue weighted by atomic mass is 16.2. The normalized spacial score (nSPS) is 10.6. The highest BCUT2D eigenvalue weighted by Gasteiger charge is 1.81. The molecule has 0 aromatic rings. The number of aliphatic hydroxyl groups excluding tert-OH is 1. The van der Waals surface area contributed by atoms with E-state index in [1.54, 1.807) is 0 Å². The van der Waals surface area contributed by atoms with Gasteiger partial charge in [-0.15, -0.1) is 0 Å². The molecule has 0 spiro atoms. The first-order valence-electron chi connectivity index (χ1n) is 1.65. The van der Waals surface area contributed by atoms with Crippen LogP contribution in [0.2, 0.25) is 0 Å². The molecule has 0 saturated heterocycles. The van der Waals surface area contributed by atoms with Crippen LogP contribution in [-0.4, -0.2) is 17.6 Å². The zero-order valence-corrected chi connectivity index (χ0v) is 3.59. The molecule has 3 heteroatoms. The molecule has 0 radical (unpaired) electrons. The van der Waals surface area contributed by atoms with Crippen molar-refractivity contribution in [1.29, 1.82) is 5.41 Å². The van der Waals surface area contributed by atoms with Gasteiger partial charge in [-0.1, -0.05) is 0 Å². The van der Waals surface area contributed by atoms with Gasteiger partial charge in [-0.3, -0.25) is 4.79 Å². The molecular weight excluding hydrogens is 94.0 g/mol. The molecule has 0 aromatic heterocycles. The van der Waals surface area contributed by atoms with E-state index in [0.717, 1.165) is 6.21 Å². The first kappa shape index (κ1) is 5.88. The molecule has 0 heterocycles. The second kappa shape index (κ2) is 3.08. The number of nitrogens with one attached hydrogen (secondary N) is 1. The van der Waals surface area contributed by atoms with Gasteiger partial charge >= 0.3 is 0 Å². The lowest BCUT2D eigenvalue weighted by molar-refractivity contribution is -0.104. The van der Waals surface area contributed by atoms with Gasteiger partial charge in [0.05, 0.1) is 11.8 Å². The van der Waals surface area contributed by atoms with Gasteiger partial charge in [0.15, 0.2) is 6.29 Å². The second-order valence-electron chi connectivity index (χ2n) is 0.891. The predicted molar refractivity (Wildman–Crippen MR) is 25.6 cm³/mol. The van der Waals surface area contributed by atoms with Crippen LogP contribution in [0.4, 0.5) is 0 Å². The topological polar surface area (TPSA) is 61.2 Å². The molecule has 3 nitrogen and oxygen atoms in total. The summed E-state index contributed by atoms with van der Waals surface area (Å²) < 4.78 is 0. The molecule has 0 atom stereocenters. The van der Waals surface area contributed by atoms with Crippen LogP contribution in [0.25, 0.3) is 0 Å². The van der Waals surface area contributed by atoms with Crippen LogP contribution in [0.5, 0.6) is 0 Å². The van der Waals surface area contributed by atoms with E-state index in [1.165, 1.54) is 0 Å². The zero-order valence-electron chi connectivity index (χ0n) is 3.59. The van der Waals surface area contributed by atoms with Gasteiger partial charge in [0.2, 0.25) is 0 Å². The van der Waals surface area contributed by atoms with Crippen LogP contribution in [-0.2, 0) is 4.79 Å². The molecule has 38 valence electrons. The van der Waals surface area contributed by atoms with Crippen molar-refractivity contribution in [3.8, 4) is 0 Å². The minimum Gasteiger partial charge on any atom is -0.515 e. The maximum absolute atomic E-state index is 9.59. The van der Waals surface area contributed by atoms with Crippen LogP contribution in [0.3, 0.4) is 0 Å². The number of hydrogen-bond donors (Lipinski definition) is 2. The van der Waals surface area contributed by atoms with E-state index in [0.29, 0.717) is 12.5 Å². The Morgan fingerprint density at radius 2 is 2.29 bits per heavy atom. The maximum Gasteiger partial charge on any atom is 0.154 e. The van der Waals surface area contributed by atoms with Crippen molar-refractivity contribution < 1.29 is 9.90 Å². The number of carbonyl (C=O) groups is 1. The van der Waals surface area contributed by atoms with E-state index < -0.39 is 0 Å². The molecule has 0 aromatic carbocycles. The molecule has 2 N–H and O–H groups in total. The first-order valence-corrected chi connectivity index (χ1v) is 1.65. The fourth-order valence-electron chi connectivity index (χ4n) is 0.102. The number of rotatable bonds is 2. The SMILES string of the molecule is N=CC(C=O)=CO. The number of aliphatic hydroxyl groups is 1. The quantitative estimate of drug-likeness (QED) is 0.226. The number of carbonyl (C=O) groups excluding carboxylic acids is 1. The van der Waals surface area contributed by atoms with E-state index in [4.69, 9.17) is 10.5 Å². The fraction of sp³-hybridized carbons (Fsp3) is 0. The average molecular weight is 99.1 g/mol. The van der Waals surface area contributed by atoms with E-state index in [1.807, 2.05) is 0 Å². The van der Waals surface area contributed by atoms with Crippen molar-refractivity contribution in [2.75, 3.05) is 0 Å². The van der Waals surface area contributed by atoms with Crippen LogP contribution < -0.4 is 0 Å². The fourth-order valence-corrected chi connectivity index (χ4v) is 0.102. The molecule has 0 saturated carbocycles. The van der Waals surface area contributed by atoms with Gasteiger partial charge in [-0.2, -0.15) is 0 Å². The first-order chi connectivity index (χ1) is 3.35. The number of aldehydes is 1. The summed E-state index contributed by atoms with van der Waals surface area (Å²) in [6.45, 7) is 0. The molecule has 0 fully saturated rings. The van der Waals surface area contributed by atoms with E-state index in [-0.39, 0.29) is 5.57 Å². The summed E-state index contributed by atoms with van der Waals surface area (Å²) in [5, 5.41) is 14.4. The van der Waals surface area contributed by atoms with Crippen molar-refractivity contribution in [3.63, 3.8) is 0 Å². The summed E-state index contributed by atoms with van der Waals surface area (Å²) in [7, 11) is 0. The second-order valence-corrected chi connectivity index (χ2v) is 0.891. The lowest BCUT2D eigenvalue weighted by atomic mass is 10.4. The van der Waals surface area contributed by atoms with Crippen molar-refractivity contribution in [2.24, 2.45) is 0 Å². The summed E-state index contributed by atoms with van der Waals surface area (Å²) in [5.41, 5.74) is -0.0278. The lowest BCUT2D eigenvalue weighted by Gasteiger charge is -1.75. The molecule has 0 rings (SSSR count). The molecular formula is C4H5NO2. The summed E-state index contributed by atoms with van der Waals surface area (Å²) in [5.74, 6) is 0. The van der Waals surface area contributed by atoms with Gasteiger partial charge in [-0.05, 0) is 0 Å². The predicted octanol–water partition coefficient (Wildman–Crippen LogP) is 0.277. The van der Waals surface area contributed by atoms with Gasteiger partial charge in [0.25, 0.3) is 0 Å². The van der Waals surface area contributed by atoms with Gasteiger partial charge in [0, 0.05) is 6.21 Å². The highest BCUT2D eigenvalue weighted by Crippen LogP contribution is 1.75. The Labute approximate surface area is 40.8 Å². The summed E-state index contributed by atoms with van der Waals surface area (Å²) in [6.07, 6.45) is 1.75. The van der Waals surface area contributed by atoms with E-state index in [9.17, 15) is 4.79 Å². The molecule has 7 heavy (non-hydrogen) atoms. The third-order valence-electron chi connectivity index (χ3n) is 0.452. The van der Waals surface area contributed by atoms with Crippen molar-refractivity contribution in [2.45, 2.75) is 0 Å². The molecule has 0 unspecified atom stereocenters. The summed E-state index contributed by atoms with van der Waals surface area (Å²) in [4.78, 5) is 9.59. The van der Waals surface area contributed by atoms with E-state index in [2.05, 4.69) is 0 Å². The minimum absolute atomic E-state index is 0.0278. The minimum atomic E-state index is -0.0278. The molecule has 0 aliphatic carbocycles. The maximum atomic E-state index is 9.59. The Balaban J connectivity index is 3.85. The van der Waals surface area contributed by atoms with Crippen LogP contribution >= 0.6 is 0 Å². The molecule has 0 aliphatic heterocycles. The number of hydrogen-bond acceptors (Lipinski definition) is 3. The Hall–Kier alpha value is -1.12. The van der Waals surface area contributed by atoms with E-state index >= 15 is 0 Å². The zero-order chi connectivity index (χ0) is 5.70. The lowest BCUT2D eigenvalue weighted by Crippen LogP contribution is -1.82. The smallest absolute Gasteiger partial charge is 0.154 e. The third-order valence-corrected chi connectivity index (χ3v) is 0.452. The highest BCUT2D eigenvalue weighted by molar-refractivity contribution is 5.99. The van der Waals surface area contributed by atoms with Gasteiger partial charge in [-0.25, -0.2) is 0 Å².